The molecule has 1 aliphatic rings. The number of aryl methyl sites for hydroxylation is 1. The zero-order valence-corrected chi connectivity index (χ0v) is 18.2. The minimum Gasteiger partial charge on any atom is -0.485 e. The summed E-state index contributed by atoms with van der Waals surface area (Å²) in [4.78, 5) is 33.9. The molecule has 7 heteroatoms. The molecule has 0 saturated heterocycles. The summed E-state index contributed by atoms with van der Waals surface area (Å²) >= 11 is 0. The molecule has 0 aliphatic carbocycles. The van der Waals surface area contributed by atoms with Gasteiger partial charge in [-0.2, -0.15) is 0 Å². The Kier molecular flexibility index (Phi) is 5.93. The number of carbonyl (C=O) groups is 1. The maximum absolute atomic E-state index is 12.8. The first-order valence-electron chi connectivity index (χ1n) is 10.7. The third-order valence-corrected chi connectivity index (χ3v) is 5.85. The maximum Gasteiger partial charge on any atom is 0.261 e. The van der Waals surface area contributed by atoms with Crippen LogP contribution in [0.4, 0.5) is 5.69 Å². The van der Waals surface area contributed by atoms with Gasteiger partial charge in [0.05, 0.1) is 29.7 Å². The molecule has 0 radical (unpaired) electrons. The van der Waals surface area contributed by atoms with Crippen molar-refractivity contribution in [3.63, 3.8) is 0 Å². The SMILES string of the molecule is CCN1C[C@@H](CN(C)C(=O)CCc2nc3ccccc3c(=O)n2C)Oc2ccccc21. The van der Waals surface area contributed by atoms with Crippen LogP contribution in [-0.4, -0.2) is 53.1 Å². The standard InChI is InChI=1S/C24H28N4O3/c1-4-28-16-17(31-21-12-8-7-11-20(21)28)15-26(2)23(29)14-13-22-25-19-10-6-5-9-18(19)24(30)27(22)3/h5-12,17H,4,13-16H2,1-3H3/t17-/m1/s1. The van der Waals surface area contributed by atoms with Crippen LogP contribution in [0.2, 0.25) is 0 Å². The van der Waals surface area contributed by atoms with Crippen molar-refractivity contribution in [1.29, 1.82) is 0 Å². The molecule has 4 rings (SSSR count). The number of aromatic nitrogens is 2. The Morgan fingerprint density at radius 2 is 1.94 bits per heavy atom. The van der Waals surface area contributed by atoms with E-state index < -0.39 is 0 Å². The first-order valence-corrected chi connectivity index (χ1v) is 10.7. The summed E-state index contributed by atoms with van der Waals surface area (Å²) in [5.74, 6) is 1.48. The molecular formula is C24H28N4O3. The number of hydrogen-bond donors (Lipinski definition) is 0. The molecule has 0 fully saturated rings. The van der Waals surface area contributed by atoms with E-state index in [1.165, 1.54) is 4.57 Å². The van der Waals surface area contributed by atoms with Gasteiger partial charge in [0.25, 0.3) is 5.56 Å². The van der Waals surface area contributed by atoms with Crippen LogP contribution in [0, 0.1) is 0 Å². The fraction of sp³-hybridized carbons (Fsp3) is 0.375. The molecule has 1 aromatic heterocycles. The predicted molar refractivity (Wildman–Crippen MR) is 122 cm³/mol. The number of ether oxygens (including phenoxy) is 1. The highest BCUT2D eigenvalue weighted by atomic mass is 16.5. The van der Waals surface area contributed by atoms with Crippen molar-refractivity contribution in [3.8, 4) is 5.75 Å². The number of hydrogen-bond acceptors (Lipinski definition) is 5. The van der Waals surface area contributed by atoms with Gasteiger partial charge in [0.15, 0.2) is 0 Å². The summed E-state index contributed by atoms with van der Waals surface area (Å²) in [6.07, 6.45) is 0.609. The average Bonchev–Trinajstić information content (AvgIpc) is 2.79. The quantitative estimate of drug-likeness (QED) is 0.613. The number of fused-ring (bicyclic) bond motifs is 2. The van der Waals surface area contributed by atoms with Gasteiger partial charge in [-0.1, -0.05) is 24.3 Å². The fourth-order valence-corrected chi connectivity index (χ4v) is 4.08. The molecule has 0 unspecified atom stereocenters. The topological polar surface area (TPSA) is 67.7 Å². The third-order valence-electron chi connectivity index (χ3n) is 5.85. The molecule has 1 atom stereocenters. The number of para-hydroxylation sites is 3. The normalized spacial score (nSPS) is 15.5. The van der Waals surface area contributed by atoms with Gasteiger partial charge in [-0.3, -0.25) is 14.2 Å². The molecule has 0 saturated carbocycles. The molecule has 1 aliphatic heterocycles. The van der Waals surface area contributed by atoms with E-state index in [4.69, 9.17) is 4.74 Å². The number of likely N-dealkylation sites (N-methyl/N-ethyl adjacent to an activating group) is 2. The summed E-state index contributed by atoms with van der Waals surface area (Å²) in [6, 6.07) is 15.3. The summed E-state index contributed by atoms with van der Waals surface area (Å²) in [7, 11) is 3.51. The first-order chi connectivity index (χ1) is 15.0. The Morgan fingerprint density at radius 1 is 1.19 bits per heavy atom. The third kappa shape index (κ3) is 4.26. The molecule has 3 aromatic rings. The molecule has 0 bridgehead atoms. The lowest BCUT2D eigenvalue weighted by molar-refractivity contribution is -0.130. The second kappa shape index (κ2) is 8.79. The molecule has 162 valence electrons. The molecule has 7 nitrogen and oxygen atoms in total. The Balaban J connectivity index is 1.40. The van der Waals surface area contributed by atoms with Gasteiger partial charge in [-0.25, -0.2) is 4.98 Å². The molecule has 2 heterocycles. The summed E-state index contributed by atoms with van der Waals surface area (Å²) in [5, 5.41) is 0.590. The minimum atomic E-state index is -0.0908. The van der Waals surface area contributed by atoms with Crippen molar-refractivity contribution in [2.45, 2.75) is 25.9 Å². The molecule has 31 heavy (non-hydrogen) atoms. The smallest absolute Gasteiger partial charge is 0.261 e. The molecule has 2 aromatic carbocycles. The van der Waals surface area contributed by atoms with E-state index in [1.54, 1.807) is 25.1 Å². The lowest BCUT2D eigenvalue weighted by atomic mass is 10.1. The number of amides is 1. The molecule has 0 spiro atoms. The largest absolute Gasteiger partial charge is 0.485 e. The molecule has 0 N–H and O–H groups in total. The van der Waals surface area contributed by atoms with E-state index in [2.05, 4.69) is 22.9 Å². The van der Waals surface area contributed by atoms with Crippen LogP contribution in [0.5, 0.6) is 5.75 Å². The summed E-state index contributed by atoms with van der Waals surface area (Å²) in [5.41, 5.74) is 1.67. The van der Waals surface area contributed by atoms with Gasteiger partial charge in [0.1, 0.15) is 17.7 Å². The zero-order valence-electron chi connectivity index (χ0n) is 18.2. The Labute approximate surface area is 181 Å². The highest BCUT2D eigenvalue weighted by Crippen LogP contribution is 2.32. The first kappa shape index (κ1) is 20.9. The average molecular weight is 421 g/mol. The van der Waals surface area contributed by atoms with E-state index in [1.807, 2.05) is 36.4 Å². The number of carbonyl (C=O) groups excluding carboxylic acids is 1. The Morgan fingerprint density at radius 3 is 2.74 bits per heavy atom. The minimum absolute atomic E-state index is 0.00733. The van der Waals surface area contributed by atoms with Gasteiger partial charge in [-0.05, 0) is 31.2 Å². The zero-order chi connectivity index (χ0) is 22.0. The fourth-order valence-electron chi connectivity index (χ4n) is 4.08. The van der Waals surface area contributed by atoms with Crippen molar-refractivity contribution in [2.75, 3.05) is 31.6 Å². The summed E-state index contributed by atoms with van der Waals surface area (Å²) in [6.45, 7) is 4.25. The predicted octanol–water partition coefficient (Wildman–Crippen LogP) is 2.61. The Hall–Kier alpha value is -3.35. The van der Waals surface area contributed by atoms with Crippen LogP contribution in [0.25, 0.3) is 10.9 Å². The van der Waals surface area contributed by atoms with Crippen LogP contribution in [0.3, 0.4) is 0 Å². The van der Waals surface area contributed by atoms with E-state index in [-0.39, 0.29) is 24.0 Å². The number of rotatable bonds is 6. The monoisotopic (exact) mass is 420 g/mol. The summed E-state index contributed by atoms with van der Waals surface area (Å²) < 4.78 is 7.67. The number of anilines is 1. The second-order valence-corrected chi connectivity index (χ2v) is 7.93. The lowest BCUT2D eigenvalue weighted by Crippen LogP contribution is -2.46. The molecule has 1 amide bonds. The van der Waals surface area contributed by atoms with E-state index in [0.717, 1.165) is 24.5 Å². The van der Waals surface area contributed by atoms with Gasteiger partial charge < -0.3 is 14.5 Å². The van der Waals surface area contributed by atoms with Crippen LogP contribution >= 0.6 is 0 Å². The highest BCUT2D eigenvalue weighted by Gasteiger charge is 2.26. The molecular weight excluding hydrogens is 392 g/mol. The maximum atomic E-state index is 12.8. The van der Waals surface area contributed by atoms with Gasteiger partial charge >= 0.3 is 0 Å². The van der Waals surface area contributed by atoms with Crippen LogP contribution < -0.4 is 15.2 Å². The highest BCUT2D eigenvalue weighted by molar-refractivity contribution is 5.78. The Bertz CT molecular complexity index is 1160. The number of nitrogens with zero attached hydrogens (tertiary/aromatic N) is 4. The second-order valence-electron chi connectivity index (χ2n) is 7.93. The van der Waals surface area contributed by atoms with Crippen molar-refractivity contribution in [2.24, 2.45) is 7.05 Å². The van der Waals surface area contributed by atoms with Crippen molar-refractivity contribution in [3.05, 3.63) is 64.7 Å². The van der Waals surface area contributed by atoms with Gasteiger partial charge in [0.2, 0.25) is 5.91 Å². The van der Waals surface area contributed by atoms with Crippen molar-refractivity contribution >= 4 is 22.5 Å². The van der Waals surface area contributed by atoms with E-state index >= 15 is 0 Å². The van der Waals surface area contributed by atoms with Crippen LogP contribution in [0.1, 0.15) is 19.2 Å². The van der Waals surface area contributed by atoms with Gasteiger partial charge in [-0.15, -0.1) is 0 Å². The van der Waals surface area contributed by atoms with Crippen LogP contribution in [0.15, 0.2) is 53.3 Å². The van der Waals surface area contributed by atoms with Gasteiger partial charge in [0, 0.05) is 33.5 Å². The van der Waals surface area contributed by atoms with E-state index in [9.17, 15) is 9.59 Å². The lowest BCUT2D eigenvalue weighted by Gasteiger charge is -2.37. The van der Waals surface area contributed by atoms with E-state index in [0.29, 0.717) is 29.7 Å². The van der Waals surface area contributed by atoms with Crippen molar-refractivity contribution < 1.29 is 9.53 Å². The van der Waals surface area contributed by atoms with Crippen LogP contribution in [-0.2, 0) is 18.3 Å². The van der Waals surface area contributed by atoms with Crippen molar-refractivity contribution in [1.82, 2.24) is 14.5 Å². The number of benzene rings is 2.